The molecule has 1 aliphatic heterocycles. The van der Waals surface area contributed by atoms with Gasteiger partial charge in [0.25, 0.3) is 0 Å². The number of rotatable bonds is 0. The van der Waals surface area contributed by atoms with Crippen LogP contribution in [0.2, 0.25) is 0 Å². The maximum absolute atomic E-state index is 11.4. The van der Waals surface area contributed by atoms with Crippen LogP contribution in [0, 0.1) is 11.8 Å². The van der Waals surface area contributed by atoms with Crippen molar-refractivity contribution < 1.29 is 9.53 Å². The number of nitrogens with one attached hydrogen (secondary N) is 1. The van der Waals surface area contributed by atoms with Crippen molar-refractivity contribution in [3.05, 3.63) is 35.9 Å². The first-order valence-corrected chi connectivity index (χ1v) is 6.36. The molecule has 2 unspecified atom stereocenters. The lowest BCUT2D eigenvalue weighted by atomic mass is 9.80. The van der Waals surface area contributed by atoms with Gasteiger partial charge in [-0.15, -0.1) is 0 Å². The number of hydrogen-bond donors (Lipinski definition) is 1. The van der Waals surface area contributed by atoms with Gasteiger partial charge >= 0.3 is 6.09 Å². The summed E-state index contributed by atoms with van der Waals surface area (Å²) < 4.78 is 5.30. The third kappa shape index (κ3) is 1.95. The molecule has 3 rings (SSSR count). The Labute approximate surface area is 107 Å². The van der Waals surface area contributed by atoms with Crippen molar-refractivity contribution in [1.29, 1.82) is 0 Å². The number of carbonyl (C=O) groups is 1. The van der Waals surface area contributed by atoms with Crippen molar-refractivity contribution in [1.82, 2.24) is 5.32 Å². The lowest BCUT2D eigenvalue weighted by Crippen LogP contribution is -2.49. The molecule has 1 heterocycles. The topological polar surface area (TPSA) is 38.3 Å². The normalized spacial score (nSPS) is 29.6. The second-order valence-corrected chi connectivity index (χ2v) is 4.85. The predicted molar refractivity (Wildman–Crippen MR) is 67.9 cm³/mol. The highest BCUT2D eigenvalue weighted by Crippen LogP contribution is 2.34. The molecule has 1 saturated carbocycles. The van der Waals surface area contributed by atoms with Crippen molar-refractivity contribution in [3.8, 4) is 11.8 Å². The summed E-state index contributed by atoms with van der Waals surface area (Å²) in [5.41, 5.74) is 0.503. The zero-order valence-electron chi connectivity index (χ0n) is 10.1. The van der Waals surface area contributed by atoms with Crippen LogP contribution in [0.3, 0.4) is 0 Å². The van der Waals surface area contributed by atoms with Crippen LogP contribution in [-0.2, 0) is 4.74 Å². The molecule has 0 aromatic heterocycles. The van der Waals surface area contributed by atoms with Gasteiger partial charge in [-0.1, -0.05) is 30.0 Å². The molecule has 92 valence electrons. The van der Waals surface area contributed by atoms with E-state index in [1.807, 2.05) is 30.3 Å². The molecule has 1 aromatic carbocycles. The number of ether oxygens (including phenoxy) is 1. The van der Waals surface area contributed by atoms with Gasteiger partial charge in [0.05, 0.1) is 0 Å². The highest BCUT2D eigenvalue weighted by molar-refractivity contribution is 5.73. The smallest absolute Gasteiger partial charge is 0.408 e. The van der Waals surface area contributed by atoms with E-state index < -0.39 is 5.54 Å². The van der Waals surface area contributed by atoms with Crippen LogP contribution in [0.5, 0.6) is 0 Å². The van der Waals surface area contributed by atoms with Crippen LogP contribution in [0.15, 0.2) is 30.3 Å². The predicted octanol–water partition coefficient (Wildman–Crippen LogP) is 2.46. The lowest BCUT2D eigenvalue weighted by molar-refractivity contribution is 0.0976. The fourth-order valence-electron chi connectivity index (χ4n) is 2.66. The van der Waals surface area contributed by atoms with Crippen molar-refractivity contribution in [3.63, 3.8) is 0 Å². The summed E-state index contributed by atoms with van der Waals surface area (Å²) in [4.78, 5) is 11.4. The number of amides is 1. The second-order valence-electron chi connectivity index (χ2n) is 4.85. The van der Waals surface area contributed by atoms with E-state index in [1.165, 1.54) is 0 Å². The zero-order valence-corrected chi connectivity index (χ0v) is 10.1. The molecule has 18 heavy (non-hydrogen) atoms. The largest absolute Gasteiger partial charge is 0.443 e. The molecule has 1 aromatic rings. The molecule has 3 heteroatoms. The second kappa shape index (κ2) is 4.38. The Morgan fingerprint density at radius 1 is 1.28 bits per heavy atom. The van der Waals surface area contributed by atoms with Gasteiger partial charge in [-0.05, 0) is 37.8 Å². The average Bonchev–Trinajstić information content (AvgIpc) is 2.74. The molecule has 0 spiro atoms. The monoisotopic (exact) mass is 241 g/mol. The summed E-state index contributed by atoms with van der Waals surface area (Å²) >= 11 is 0. The van der Waals surface area contributed by atoms with E-state index in [0.29, 0.717) is 0 Å². The van der Waals surface area contributed by atoms with Gasteiger partial charge in [0.1, 0.15) is 11.6 Å². The Kier molecular flexibility index (Phi) is 2.71. The van der Waals surface area contributed by atoms with Crippen LogP contribution in [0.1, 0.15) is 31.2 Å². The fourth-order valence-corrected chi connectivity index (χ4v) is 2.66. The highest BCUT2D eigenvalue weighted by atomic mass is 16.6. The van der Waals surface area contributed by atoms with Crippen LogP contribution in [-0.4, -0.2) is 17.7 Å². The first-order chi connectivity index (χ1) is 8.78. The zero-order chi connectivity index (χ0) is 12.4. The standard InChI is InChI=1S/C15H15NO2/c17-14-16-15(10-5-4-8-13(15)18-14)11-9-12-6-2-1-3-7-12/h1-3,6-7,13H,4-5,8,10H2,(H,16,17). The summed E-state index contributed by atoms with van der Waals surface area (Å²) in [7, 11) is 0. The molecular formula is C15H15NO2. The van der Waals surface area contributed by atoms with Crippen molar-refractivity contribution in [2.24, 2.45) is 0 Å². The minimum Gasteiger partial charge on any atom is -0.443 e. The van der Waals surface area contributed by atoms with E-state index >= 15 is 0 Å². The summed E-state index contributed by atoms with van der Waals surface area (Å²) in [5.74, 6) is 6.39. The van der Waals surface area contributed by atoms with E-state index in [1.54, 1.807) is 0 Å². The summed E-state index contributed by atoms with van der Waals surface area (Å²) in [6, 6.07) is 9.83. The Morgan fingerprint density at radius 3 is 2.94 bits per heavy atom. The van der Waals surface area contributed by atoms with Crippen molar-refractivity contribution in [2.75, 3.05) is 0 Å². The van der Waals surface area contributed by atoms with Gasteiger partial charge < -0.3 is 10.1 Å². The van der Waals surface area contributed by atoms with E-state index in [9.17, 15) is 4.79 Å². The minimum atomic E-state index is -0.467. The minimum absolute atomic E-state index is 0.0880. The lowest BCUT2D eigenvalue weighted by Gasteiger charge is -2.31. The van der Waals surface area contributed by atoms with E-state index in [2.05, 4.69) is 17.2 Å². The van der Waals surface area contributed by atoms with Crippen LogP contribution in [0.4, 0.5) is 4.79 Å². The van der Waals surface area contributed by atoms with E-state index in [-0.39, 0.29) is 12.2 Å². The Bertz CT molecular complexity index is 514. The maximum atomic E-state index is 11.4. The van der Waals surface area contributed by atoms with Crippen molar-refractivity contribution >= 4 is 6.09 Å². The average molecular weight is 241 g/mol. The molecule has 1 N–H and O–H groups in total. The molecule has 1 aliphatic carbocycles. The summed E-state index contributed by atoms with van der Waals surface area (Å²) in [5, 5.41) is 2.90. The van der Waals surface area contributed by atoms with Gasteiger partial charge in [0.2, 0.25) is 0 Å². The first-order valence-electron chi connectivity index (χ1n) is 6.36. The number of fused-ring (bicyclic) bond motifs is 1. The van der Waals surface area contributed by atoms with Crippen LogP contribution in [0.25, 0.3) is 0 Å². The molecule has 1 amide bonds. The van der Waals surface area contributed by atoms with Crippen LogP contribution < -0.4 is 5.32 Å². The maximum Gasteiger partial charge on any atom is 0.408 e. The molecule has 0 bridgehead atoms. The van der Waals surface area contributed by atoms with E-state index in [0.717, 1.165) is 31.2 Å². The molecule has 2 aliphatic rings. The van der Waals surface area contributed by atoms with Crippen molar-refractivity contribution in [2.45, 2.75) is 37.3 Å². The first kappa shape index (κ1) is 11.2. The fraction of sp³-hybridized carbons (Fsp3) is 0.400. The molecule has 2 fully saturated rings. The van der Waals surface area contributed by atoms with Gasteiger partial charge in [-0.25, -0.2) is 4.79 Å². The third-order valence-corrected chi connectivity index (χ3v) is 3.62. The third-order valence-electron chi connectivity index (χ3n) is 3.62. The van der Waals surface area contributed by atoms with Gasteiger partial charge in [0, 0.05) is 5.56 Å². The Hall–Kier alpha value is -1.95. The quantitative estimate of drug-likeness (QED) is 0.708. The number of alkyl carbamates (subject to hydrolysis) is 1. The van der Waals surface area contributed by atoms with Gasteiger partial charge in [-0.3, -0.25) is 0 Å². The molecule has 1 saturated heterocycles. The number of hydrogen-bond acceptors (Lipinski definition) is 2. The Morgan fingerprint density at radius 2 is 2.11 bits per heavy atom. The molecule has 0 radical (unpaired) electrons. The molecule has 3 nitrogen and oxygen atoms in total. The summed E-state index contributed by atoms with van der Waals surface area (Å²) in [6.07, 6.45) is 3.56. The number of carbonyl (C=O) groups excluding carboxylic acids is 1. The van der Waals surface area contributed by atoms with E-state index in [4.69, 9.17) is 4.74 Å². The number of benzene rings is 1. The van der Waals surface area contributed by atoms with Gasteiger partial charge in [0.15, 0.2) is 0 Å². The molecular weight excluding hydrogens is 226 g/mol. The Balaban J connectivity index is 1.90. The molecule has 2 atom stereocenters. The highest BCUT2D eigenvalue weighted by Gasteiger charge is 2.48. The SMILES string of the molecule is O=C1NC2(C#Cc3ccccc3)CCCCC2O1. The van der Waals surface area contributed by atoms with Crippen LogP contribution >= 0.6 is 0 Å². The van der Waals surface area contributed by atoms with Gasteiger partial charge in [-0.2, -0.15) is 0 Å². The summed E-state index contributed by atoms with van der Waals surface area (Å²) in [6.45, 7) is 0.